The molecule has 5 nitrogen and oxygen atoms in total. The first-order chi connectivity index (χ1) is 13.7. The summed E-state index contributed by atoms with van der Waals surface area (Å²) in [5.41, 5.74) is 3.39. The van der Waals surface area contributed by atoms with Crippen molar-refractivity contribution in [2.45, 2.75) is 19.0 Å². The van der Waals surface area contributed by atoms with Gasteiger partial charge >= 0.3 is 0 Å². The van der Waals surface area contributed by atoms with Gasteiger partial charge in [-0.05, 0) is 47.7 Å². The van der Waals surface area contributed by atoms with Crippen LogP contribution >= 0.6 is 0 Å². The number of aromatic nitrogens is 3. The normalized spacial score (nSPS) is 16.3. The predicted octanol–water partition coefficient (Wildman–Crippen LogP) is 4.14. The molecule has 0 aliphatic carbocycles. The zero-order valence-electron chi connectivity index (χ0n) is 15.2. The van der Waals surface area contributed by atoms with E-state index in [1.165, 1.54) is 17.5 Å². The van der Waals surface area contributed by atoms with Gasteiger partial charge in [0.15, 0.2) is 0 Å². The Labute approximate surface area is 161 Å². The smallest absolute Gasteiger partial charge is 0.274 e. The number of hydrogen-bond donors (Lipinski definition) is 1. The van der Waals surface area contributed by atoms with E-state index in [1.807, 2.05) is 24.4 Å². The summed E-state index contributed by atoms with van der Waals surface area (Å²) < 4.78 is 15.3. The topological polar surface area (TPSA) is 53.9 Å². The third kappa shape index (κ3) is 2.87. The van der Waals surface area contributed by atoms with Crippen LogP contribution in [0.15, 0.2) is 66.9 Å². The Bertz CT molecular complexity index is 1140. The van der Waals surface area contributed by atoms with Crippen molar-refractivity contribution in [3.05, 3.63) is 89.6 Å². The van der Waals surface area contributed by atoms with Crippen LogP contribution in [-0.2, 0) is 6.54 Å². The molecule has 2 aromatic heterocycles. The maximum atomic E-state index is 13.2. The third-order valence-electron chi connectivity index (χ3n) is 5.41. The molecule has 0 saturated carbocycles. The number of H-pyrrole nitrogens is 1. The van der Waals surface area contributed by atoms with Crippen LogP contribution in [0.2, 0.25) is 0 Å². The summed E-state index contributed by atoms with van der Waals surface area (Å²) in [6.07, 6.45) is 2.91. The summed E-state index contributed by atoms with van der Waals surface area (Å²) in [4.78, 5) is 14.7. The number of carbonyl (C=O) groups is 1. The number of aromatic amines is 1. The van der Waals surface area contributed by atoms with Crippen LogP contribution in [0.3, 0.4) is 0 Å². The molecule has 3 heterocycles. The molecule has 1 N–H and O–H groups in total. The van der Waals surface area contributed by atoms with Crippen molar-refractivity contribution in [1.29, 1.82) is 0 Å². The first-order valence-corrected chi connectivity index (χ1v) is 9.33. The van der Waals surface area contributed by atoms with Gasteiger partial charge in [0.05, 0.1) is 18.3 Å². The Morgan fingerprint density at radius 3 is 2.75 bits per heavy atom. The molecule has 1 aliphatic heterocycles. The van der Waals surface area contributed by atoms with E-state index in [1.54, 1.807) is 17.0 Å². The van der Waals surface area contributed by atoms with Crippen LogP contribution in [0.5, 0.6) is 0 Å². The highest BCUT2D eigenvalue weighted by Gasteiger charge is 2.34. The van der Waals surface area contributed by atoms with Gasteiger partial charge in [-0.25, -0.2) is 4.39 Å². The van der Waals surface area contributed by atoms with Gasteiger partial charge in [0.25, 0.3) is 5.91 Å². The second-order valence-electron chi connectivity index (χ2n) is 7.14. The minimum Gasteiger partial charge on any atom is -0.341 e. The van der Waals surface area contributed by atoms with Gasteiger partial charge in [-0.15, -0.1) is 0 Å². The SMILES string of the molecule is O=C(c1cc(Cn2ccc3ccccc32)[nH]n1)N1CC[C@H]1c1ccc(F)cc1. The number of hydrogen-bond acceptors (Lipinski definition) is 2. The molecule has 28 heavy (non-hydrogen) atoms. The number of benzene rings is 2. The van der Waals surface area contributed by atoms with Gasteiger partial charge in [0.1, 0.15) is 11.5 Å². The van der Waals surface area contributed by atoms with Crippen molar-refractivity contribution in [3.8, 4) is 0 Å². The lowest BCUT2D eigenvalue weighted by atomic mass is 9.94. The van der Waals surface area contributed by atoms with Crippen LogP contribution in [0, 0.1) is 5.82 Å². The van der Waals surface area contributed by atoms with Crippen molar-refractivity contribution in [3.63, 3.8) is 0 Å². The number of nitrogens with one attached hydrogen (secondary N) is 1. The summed E-state index contributed by atoms with van der Waals surface area (Å²) in [6.45, 7) is 1.31. The molecule has 1 aliphatic rings. The van der Waals surface area contributed by atoms with E-state index < -0.39 is 0 Å². The molecule has 5 rings (SSSR count). The highest BCUT2D eigenvalue weighted by Crippen LogP contribution is 2.34. The first-order valence-electron chi connectivity index (χ1n) is 9.33. The Balaban J connectivity index is 1.33. The number of carbonyl (C=O) groups excluding carboxylic acids is 1. The van der Waals surface area contributed by atoms with Gasteiger partial charge in [0.2, 0.25) is 0 Å². The molecule has 1 amide bonds. The number of likely N-dealkylation sites (tertiary alicyclic amines) is 1. The molecule has 0 radical (unpaired) electrons. The maximum Gasteiger partial charge on any atom is 0.274 e. The molecule has 2 aromatic carbocycles. The van der Waals surface area contributed by atoms with Crippen LogP contribution < -0.4 is 0 Å². The molecular weight excluding hydrogens is 355 g/mol. The second-order valence-corrected chi connectivity index (χ2v) is 7.14. The van der Waals surface area contributed by atoms with Crippen LogP contribution in [-0.4, -0.2) is 32.1 Å². The molecule has 0 bridgehead atoms. The zero-order valence-corrected chi connectivity index (χ0v) is 15.2. The summed E-state index contributed by atoms with van der Waals surface area (Å²) >= 11 is 0. The zero-order chi connectivity index (χ0) is 19.1. The molecule has 1 fully saturated rings. The molecule has 1 atom stereocenters. The van der Waals surface area contributed by atoms with E-state index in [2.05, 4.69) is 33.0 Å². The van der Waals surface area contributed by atoms with Crippen molar-refractivity contribution in [2.75, 3.05) is 6.54 Å². The number of rotatable bonds is 4. The largest absolute Gasteiger partial charge is 0.341 e. The minimum atomic E-state index is -0.268. The Kier molecular flexibility index (Phi) is 3.97. The van der Waals surface area contributed by atoms with Crippen molar-refractivity contribution in [2.24, 2.45) is 0 Å². The number of halogens is 1. The van der Waals surface area contributed by atoms with E-state index in [4.69, 9.17) is 0 Å². The van der Waals surface area contributed by atoms with Crippen LogP contribution in [0.25, 0.3) is 10.9 Å². The number of amides is 1. The Hall–Kier alpha value is -3.41. The third-order valence-corrected chi connectivity index (χ3v) is 5.41. The standard InChI is InChI=1S/C22H19FN4O/c23-17-7-5-16(6-8-17)21-10-12-27(21)22(28)19-13-18(24-25-19)14-26-11-9-15-3-1-2-4-20(15)26/h1-9,11,13,21H,10,12,14H2,(H,24,25)/t21-/m0/s1. The van der Waals surface area contributed by atoms with Gasteiger partial charge in [-0.2, -0.15) is 5.10 Å². The lowest BCUT2D eigenvalue weighted by molar-refractivity contribution is 0.0454. The van der Waals surface area contributed by atoms with E-state index in [0.29, 0.717) is 18.8 Å². The fourth-order valence-corrected chi connectivity index (χ4v) is 3.82. The molecule has 6 heteroatoms. The van der Waals surface area contributed by atoms with E-state index >= 15 is 0 Å². The second kappa shape index (κ2) is 6.64. The van der Waals surface area contributed by atoms with Gasteiger partial charge in [-0.1, -0.05) is 30.3 Å². The fourth-order valence-electron chi connectivity index (χ4n) is 3.82. The lowest BCUT2D eigenvalue weighted by Crippen LogP contribution is -2.45. The molecule has 0 unspecified atom stereocenters. The summed E-state index contributed by atoms with van der Waals surface area (Å²) in [6, 6.07) is 18.4. The Morgan fingerprint density at radius 1 is 1.14 bits per heavy atom. The van der Waals surface area contributed by atoms with Crippen LogP contribution in [0.1, 0.15) is 34.2 Å². The summed E-state index contributed by atoms with van der Waals surface area (Å²) in [7, 11) is 0. The van der Waals surface area contributed by atoms with Crippen molar-refractivity contribution in [1.82, 2.24) is 19.7 Å². The van der Waals surface area contributed by atoms with E-state index in [9.17, 15) is 9.18 Å². The van der Waals surface area contributed by atoms with E-state index in [-0.39, 0.29) is 17.8 Å². The Morgan fingerprint density at radius 2 is 1.96 bits per heavy atom. The van der Waals surface area contributed by atoms with E-state index in [0.717, 1.165) is 23.2 Å². The van der Waals surface area contributed by atoms with Crippen molar-refractivity contribution >= 4 is 16.8 Å². The highest BCUT2D eigenvalue weighted by molar-refractivity contribution is 5.93. The molecule has 140 valence electrons. The molecular formula is C22H19FN4O. The predicted molar refractivity (Wildman–Crippen MR) is 104 cm³/mol. The molecule has 0 spiro atoms. The van der Waals surface area contributed by atoms with Gasteiger partial charge < -0.3 is 9.47 Å². The number of nitrogens with zero attached hydrogens (tertiary/aromatic N) is 3. The van der Waals surface area contributed by atoms with Crippen LogP contribution in [0.4, 0.5) is 4.39 Å². The first kappa shape index (κ1) is 16.7. The monoisotopic (exact) mass is 374 g/mol. The number of fused-ring (bicyclic) bond motifs is 1. The summed E-state index contributed by atoms with van der Waals surface area (Å²) in [5, 5.41) is 8.40. The lowest BCUT2D eigenvalue weighted by Gasteiger charge is -2.41. The summed E-state index contributed by atoms with van der Waals surface area (Å²) in [5.74, 6) is -0.365. The molecule has 4 aromatic rings. The number of para-hydroxylation sites is 1. The van der Waals surface area contributed by atoms with Gasteiger partial charge in [0, 0.05) is 18.3 Å². The minimum absolute atomic E-state index is 0.0124. The highest BCUT2D eigenvalue weighted by atomic mass is 19.1. The maximum absolute atomic E-state index is 13.2. The average molecular weight is 374 g/mol. The van der Waals surface area contributed by atoms with Crippen molar-refractivity contribution < 1.29 is 9.18 Å². The fraction of sp³-hybridized carbons (Fsp3) is 0.182. The molecule has 1 saturated heterocycles. The quantitative estimate of drug-likeness (QED) is 0.584. The average Bonchev–Trinajstić information content (AvgIpc) is 3.31. The van der Waals surface area contributed by atoms with Gasteiger partial charge in [-0.3, -0.25) is 9.89 Å².